The molecule has 1 fully saturated rings. The summed E-state index contributed by atoms with van der Waals surface area (Å²) in [6.07, 6.45) is -1.12. The van der Waals surface area contributed by atoms with Gasteiger partial charge < -0.3 is 23.0 Å². The molecule has 1 aliphatic rings. The van der Waals surface area contributed by atoms with Crippen LogP contribution in [-0.2, 0) is 0 Å². The molecule has 7 heteroatoms. The summed E-state index contributed by atoms with van der Waals surface area (Å²) in [6.45, 7) is -3.81. The van der Waals surface area contributed by atoms with Crippen molar-refractivity contribution in [3.8, 4) is 0 Å². The maximum atomic E-state index is 11.6. The summed E-state index contributed by atoms with van der Waals surface area (Å²) < 4.78 is 34.9. The second kappa shape index (κ2) is 5.33. The molecule has 0 aromatic rings. The molecule has 0 radical (unpaired) electrons. The van der Waals surface area contributed by atoms with Gasteiger partial charge in [-0.1, -0.05) is 6.32 Å². The number of halogens is 3. The monoisotopic (exact) mass is 207 g/mol. The molecular weight excluding hydrogens is 197 g/mol. The first-order valence-electron chi connectivity index (χ1n) is 3.59. The van der Waals surface area contributed by atoms with E-state index in [0.717, 1.165) is 0 Å². The van der Waals surface area contributed by atoms with Crippen molar-refractivity contribution in [2.45, 2.75) is 12.4 Å². The van der Waals surface area contributed by atoms with Crippen LogP contribution in [0.1, 0.15) is 0 Å². The fourth-order valence-corrected chi connectivity index (χ4v) is 1.05. The van der Waals surface area contributed by atoms with Crippen LogP contribution in [0, 0.1) is 0 Å². The third kappa shape index (κ3) is 5.21. The molecule has 2 nitrogen and oxygen atoms in total. The van der Waals surface area contributed by atoms with Gasteiger partial charge in [-0.3, -0.25) is 0 Å². The molecule has 1 aliphatic heterocycles. The van der Waals surface area contributed by atoms with Crippen molar-refractivity contribution >= 4 is 6.98 Å². The van der Waals surface area contributed by atoms with Gasteiger partial charge in [0.1, 0.15) is 0 Å². The normalized spacial score (nSPS) is 20.0. The number of aliphatic hydroxyl groups excluding tert-OH is 1. The van der Waals surface area contributed by atoms with Gasteiger partial charge in [-0.05, 0) is 6.54 Å². The Morgan fingerprint density at radius 2 is 1.83 bits per heavy atom. The van der Waals surface area contributed by atoms with Crippen molar-refractivity contribution < 1.29 is 69.4 Å². The summed E-state index contributed by atoms with van der Waals surface area (Å²) in [5, 5.41) is 8.73. The Bertz CT molecular complexity index is 139. The molecule has 0 aliphatic carbocycles. The maximum absolute atomic E-state index is 11.6. The van der Waals surface area contributed by atoms with Crippen LogP contribution in [0.3, 0.4) is 0 Å². The van der Waals surface area contributed by atoms with Crippen LogP contribution in [0.25, 0.3) is 0 Å². The first-order chi connectivity index (χ1) is 4.97. The van der Waals surface area contributed by atoms with Crippen molar-refractivity contribution in [2.75, 3.05) is 19.6 Å². The number of β-amino-alcohol motifs (C(OH)–C–C–N with tert-alkyl or cyclic N) is 1. The molecule has 0 saturated carbocycles. The number of aliphatic hydroxyl groups is 1. The van der Waals surface area contributed by atoms with Gasteiger partial charge in [0.25, 0.3) is 0 Å². The molecule has 1 N–H and O–H groups in total. The van der Waals surface area contributed by atoms with Gasteiger partial charge in [0.05, 0.1) is 6.10 Å². The zero-order valence-corrected chi connectivity index (χ0v) is 10.1. The average molecular weight is 207 g/mol. The molecule has 0 unspecified atom stereocenters. The summed E-state index contributed by atoms with van der Waals surface area (Å²) in [5.74, 6) is 0. The SMILES string of the molecule is OC1CN(CC[B-](F)(F)F)C1.[K+]. The minimum atomic E-state index is -4.64. The van der Waals surface area contributed by atoms with Crippen LogP contribution in [0.5, 0.6) is 0 Å². The Kier molecular flexibility index (Phi) is 5.96. The number of hydrogen-bond donors (Lipinski definition) is 1. The minimum Gasteiger partial charge on any atom is -0.449 e. The van der Waals surface area contributed by atoms with Crippen molar-refractivity contribution in [2.24, 2.45) is 0 Å². The molecule has 12 heavy (non-hydrogen) atoms. The van der Waals surface area contributed by atoms with Crippen LogP contribution in [0.4, 0.5) is 12.9 Å². The van der Waals surface area contributed by atoms with E-state index in [2.05, 4.69) is 0 Å². The van der Waals surface area contributed by atoms with Crippen molar-refractivity contribution in [1.29, 1.82) is 0 Å². The quantitative estimate of drug-likeness (QED) is 0.518. The molecule has 0 atom stereocenters. The molecule has 1 saturated heterocycles. The fourth-order valence-electron chi connectivity index (χ4n) is 1.05. The summed E-state index contributed by atoms with van der Waals surface area (Å²) in [6, 6.07) is 0. The van der Waals surface area contributed by atoms with E-state index in [-0.39, 0.29) is 57.9 Å². The molecule has 1 rings (SSSR count). The van der Waals surface area contributed by atoms with Crippen molar-refractivity contribution in [1.82, 2.24) is 4.90 Å². The Labute approximate surface area is 112 Å². The fraction of sp³-hybridized carbons (Fsp3) is 1.00. The van der Waals surface area contributed by atoms with E-state index in [4.69, 9.17) is 5.11 Å². The van der Waals surface area contributed by atoms with Gasteiger partial charge in [0.2, 0.25) is 0 Å². The van der Waals surface area contributed by atoms with Crippen LogP contribution >= 0.6 is 0 Å². The van der Waals surface area contributed by atoms with Gasteiger partial charge in [-0.2, -0.15) is 0 Å². The van der Waals surface area contributed by atoms with Crippen LogP contribution < -0.4 is 51.4 Å². The zero-order valence-electron chi connectivity index (χ0n) is 7.01. The smallest absolute Gasteiger partial charge is 0.449 e. The topological polar surface area (TPSA) is 23.5 Å². The van der Waals surface area contributed by atoms with E-state index in [0.29, 0.717) is 13.1 Å². The van der Waals surface area contributed by atoms with Crippen LogP contribution in [0.2, 0.25) is 6.32 Å². The van der Waals surface area contributed by atoms with Gasteiger partial charge >= 0.3 is 58.4 Å². The first kappa shape index (κ1) is 13.4. The predicted octanol–water partition coefficient (Wildman–Crippen LogP) is -2.49. The summed E-state index contributed by atoms with van der Waals surface area (Å²) in [7, 11) is 0. The number of hydrogen-bond acceptors (Lipinski definition) is 2. The molecule has 0 aromatic heterocycles. The van der Waals surface area contributed by atoms with Gasteiger partial charge in [-0.15, -0.1) is 0 Å². The molecule has 66 valence electrons. The van der Waals surface area contributed by atoms with Gasteiger partial charge in [0, 0.05) is 13.1 Å². The van der Waals surface area contributed by atoms with Gasteiger partial charge in [-0.25, -0.2) is 0 Å². The van der Waals surface area contributed by atoms with Crippen molar-refractivity contribution in [3.63, 3.8) is 0 Å². The Morgan fingerprint density at radius 1 is 1.33 bits per heavy atom. The van der Waals surface area contributed by atoms with Crippen LogP contribution in [0.15, 0.2) is 0 Å². The van der Waals surface area contributed by atoms with Crippen LogP contribution in [-0.4, -0.2) is 42.7 Å². The van der Waals surface area contributed by atoms with E-state index >= 15 is 0 Å². The summed E-state index contributed by atoms with van der Waals surface area (Å²) in [5.41, 5.74) is 0. The summed E-state index contributed by atoms with van der Waals surface area (Å²) in [4.78, 5) is 1.60. The molecule has 0 bridgehead atoms. The van der Waals surface area contributed by atoms with E-state index in [1.165, 1.54) is 0 Å². The standard InChI is InChI=1S/C5H10BF3NO.K/c7-6(8,9)1-2-10-3-5(11)4-10;/h5,11H,1-4H2;/q-1;+1. The minimum absolute atomic E-state index is 0. The van der Waals surface area contributed by atoms with E-state index in [1.807, 2.05) is 0 Å². The average Bonchev–Trinajstić information content (AvgIpc) is 1.75. The second-order valence-electron chi connectivity index (χ2n) is 2.91. The Hall–Kier alpha value is 1.41. The van der Waals surface area contributed by atoms with Gasteiger partial charge in [0.15, 0.2) is 0 Å². The third-order valence-electron chi connectivity index (χ3n) is 1.71. The first-order valence-corrected chi connectivity index (χ1v) is 3.59. The molecular formula is C5H10BF3KNO. The van der Waals surface area contributed by atoms with E-state index in [9.17, 15) is 12.9 Å². The second-order valence-corrected chi connectivity index (χ2v) is 2.91. The Morgan fingerprint density at radius 3 is 2.17 bits per heavy atom. The molecule has 0 amide bonds. The summed E-state index contributed by atoms with van der Waals surface area (Å²) >= 11 is 0. The molecule has 0 aromatic carbocycles. The number of rotatable bonds is 3. The largest absolute Gasteiger partial charge is 1.00 e. The number of nitrogens with zero attached hydrogens (tertiary/aromatic N) is 1. The van der Waals surface area contributed by atoms with E-state index < -0.39 is 19.4 Å². The predicted molar refractivity (Wildman–Crippen MR) is 36.3 cm³/mol. The molecule has 0 spiro atoms. The van der Waals surface area contributed by atoms with E-state index in [1.54, 1.807) is 4.90 Å². The number of likely N-dealkylation sites (tertiary alicyclic amines) is 1. The van der Waals surface area contributed by atoms with Crippen molar-refractivity contribution in [3.05, 3.63) is 0 Å². The molecule has 1 heterocycles. The zero-order chi connectivity index (χ0) is 8.48. The third-order valence-corrected chi connectivity index (χ3v) is 1.71. The Balaban J connectivity index is 0.00000121. The maximum Gasteiger partial charge on any atom is 1.00 e.